The molecule has 9 heteroatoms. The number of hydrogen-bond donors (Lipinski definition) is 3. The molecule has 4 aromatic rings. The Kier molecular flexibility index (Phi) is 5.21. The number of hydrogen-bond acceptors (Lipinski definition) is 6. The molecule has 0 bridgehead atoms. The maximum absolute atomic E-state index is 11.4. The van der Waals surface area contributed by atoms with Crippen LogP contribution in [0.5, 0.6) is 11.5 Å². The molecular weight excluding hydrogens is 420 g/mol. The molecule has 0 amide bonds. The number of amidine groups is 1. The molecule has 0 aliphatic carbocycles. The molecule has 0 saturated carbocycles. The van der Waals surface area contributed by atoms with Crippen molar-refractivity contribution < 1.29 is 14.6 Å². The van der Waals surface area contributed by atoms with Crippen molar-refractivity contribution >= 4 is 28.1 Å². The third-order valence-electron chi connectivity index (χ3n) is 5.82. The van der Waals surface area contributed by atoms with Crippen LogP contribution in [0.3, 0.4) is 0 Å². The van der Waals surface area contributed by atoms with Crippen molar-refractivity contribution in [1.82, 2.24) is 19.5 Å². The topological polar surface area (TPSA) is 112 Å². The highest BCUT2D eigenvalue weighted by molar-refractivity contribution is 6.31. The standard InChI is InChI=1S/C24H24N6O3/c1-32-16-11-15(12-17(13-16)33-2)30-20(7-9-29-10-8-26-14-29)22(31)21(23(30)25)24-27-18-5-3-4-6-19(18)28-24/h3-6,8,10-14,20,25,31H,7,9H2,1-2H3,(H,27,28). The number of nitrogens with one attached hydrogen (secondary N) is 2. The Bertz CT molecular complexity index is 1290. The molecule has 9 nitrogen and oxygen atoms in total. The predicted octanol–water partition coefficient (Wildman–Crippen LogP) is 4.00. The van der Waals surface area contributed by atoms with Gasteiger partial charge in [-0.1, -0.05) is 12.1 Å². The van der Waals surface area contributed by atoms with Gasteiger partial charge in [-0.25, -0.2) is 9.97 Å². The summed E-state index contributed by atoms with van der Waals surface area (Å²) in [6.45, 7) is 0.618. The van der Waals surface area contributed by atoms with Crippen LogP contribution in [0.2, 0.25) is 0 Å². The van der Waals surface area contributed by atoms with Crippen molar-refractivity contribution in [3.8, 4) is 11.5 Å². The fraction of sp³-hybridized carbons (Fsp3) is 0.208. The third kappa shape index (κ3) is 3.67. The van der Waals surface area contributed by atoms with E-state index in [1.165, 1.54) is 0 Å². The van der Waals surface area contributed by atoms with Gasteiger partial charge in [0, 0.05) is 37.1 Å². The Morgan fingerprint density at radius 1 is 1.12 bits per heavy atom. The van der Waals surface area contributed by atoms with Crippen LogP contribution in [-0.2, 0) is 6.54 Å². The minimum atomic E-state index is -0.472. The number of aromatic nitrogens is 4. The Labute approximate surface area is 190 Å². The van der Waals surface area contributed by atoms with Gasteiger partial charge in [0.05, 0.1) is 48.9 Å². The number of aryl methyl sites for hydroxylation is 1. The van der Waals surface area contributed by atoms with Gasteiger partial charge < -0.3 is 29.0 Å². The van der Waals surface area contributed by atoms with Crippen molar-refractivity contribution in [3.63, 3.8) is 0 Å². The second kappa shape index (κ2) is 8.34. The third-order valence-corrected chi connectivity index (χ3v) is 5.82. The first-order valence-electron chi connectivity index (χ1n) is 10.5. The second-order valence-electron chi connectivity index (χ2n) is 7.76. The monoisotopic (exact) mass is 444 g/mol. The van der Waals surface area contributed by atoms with E-state index >= 15 is 0 Å². The van der Waals surface area contributed by atoms with Crippen molar-refractivity contribution in [2.45, 2.75) is 19.0 Å². The van der Waals surface area contributed by atoms with Gasteiger partial charge in [0.2, 0.25) is 0 Å². The zero-order valence-corrected chi connectivity index (χ0v) is 18.3. The number of rotatable bonds is 7. The summed E-state index contributed by atoms with van der Waals surface area (Å²) in [4.78, 5) is 13.8. The zero-order chi connectivity index (χ0) is 22.9. The van der Waals surface area contributed by atoms with Crippen LogP contribution >= 0.6 is 0 Å². The highest BCUT2D eigenvalue weighted by Crippen LogP contribution is 2.39. The minimum absolute atomic E-state index is 0.0981. The Hall–Kier alpha value is -4.27. The number of anilines is 1. The molecule has 0 saturated heterocycles. The molecule has 3 N–H and O–H groups in total. The summed E-state index contributed by atoms with van der Waals surface area (Å²) in [7, 11) is 3.17. The molecule has 1 aliphatic heterocycles. The number of fused-ring (bicyclic) bond motifs is 1. The van der Waals surface area contributed by atoms with Crippen molar-refractivity contribution in [1.29, 1.82) is 5.41 Å². The SMILES string of the molecule is COc1cc(OC)cc(N2C(=N)C(c3nc4ccccc4[nH]3)=C(O)C2CCn2ccnc2)c1. The van der Waals surface area contributed by atoms with E-state index in [0.717, 1.165) is 11.0 Å². The zero-order valence-electron chi connectivity index (χ0n) is 18.3. The number of nitrogens with zero attached hydrogens (tertiary/aromatic N) is 4. The summed E-state index contributed by atoms with van der Waals surface area (Å²) in [5.74, 6) is 1.91. The number of methoxy groups -OCH3 is 2. The van der Waals surface area contributed by atoms with E-state index in [1.807, 2.05) is 47.2 Å². The Morgan fingerprint density at radius 2 is 1.88 bits per heavy atom. The number of aliphatic hydroxyl groups excluding tert-OH is 1. The van der Waals surface area contributed by atoms with E-state index in [2.05, 4.69) is 15.0 Å². The van der Waals surface area contributed by atoms with Gasteiger partial charge in [-0.05, 0) is 18.6 Å². The number of para-hydroxylation sites is 2. The van der Waals surface area contributed by atoms with Crippen LogP contribution in [0.15, 0.2) is 66.9 Å². The quantitative estimate of drug-likeness (QED) is 0.397. The molecular formula is C24H24N6O3. The minimum Gasteiger partial charge on any atom is -0.509 e. The lowest BCUT2D eigenvalue weighted by Crippen LogP contribution is -2.36. The van der Waals surface area contributed by atoms with Crippen molar-refractivity contribution in [2.75, 3.05) is 19.1 Å². The first kappa shape index (κ1) is 20.6. The van der Waals surface area contributed by atoms with Crippen LogP contribution in [0.1, 0.15) is 12.2 Å². The highest BCUT2D eigenvalue weighted by atomic mass is 16.5. The summed E-state index contributed by atoms with van der Waals surface area (Å²) < 4.78 is 12.8. The van der Waals surface area contributed by atoms with Crippen LogP contribution in [-0.4, -0.2) is 50.7 Å². The second-order valence-corrected chi connectivity index (χ2v) is 7.76. The lowest BCUT2D eigenvalue weighted by molar-refractivity contribution is 0.362. The first-order valence-corrected chi connectivity index (χ1v) is 10.5. The summed E-state index contributed by atoms with van der Waals surface area (Å²) in [6.07, 6.45) is 5.88. The van der Waals surface area contributed by atoms with Crippen LogP contribution in [0.25, 0.3) is 16.6 Å². The number of H-pyrrole nitrogens is 1. The molecule has 5 rings (SSSR count). The van der Waals surface area contributed by atoms with E-state index in [1.54, 1.807) is 37.7 Å². The van der Waals surface area contributed by atoms with E-state index in [0.29, 0.717) is 41.5 Å². The molecule has 33 heavy (non-hydrogen) atoms. The van der Waals surface area contributed by atoms with Gasteiger partial charge >= 0.3 is 0 Å². The van der Waals surface area contributed by atoms with E-state index < -0.39 is 6.04 Å². The highest BCUT2D eigenvalue weighted by Gasteiger charge is 2.40. The van der Waals surface area contributed by atoms with E-state index in [9.17, 15) is 5.11 Å². The van der Waals surface area contributed by atoms with Gasteiger partial charge in [-0.2, -0.15) is 0 Å². The van der Waals surface area contributed by atoms with E-state index in [-0.39, 0.29) is 11.6 Å². The van der Waals surface area contributed by atoms with Gasteiger partial charge in [-0.15, -0.1) is 0 Å². The molecule has 0 spiro atoms. The van der Waals surface area contributed by atoms with Crippen LogP contribution < -0.4 is 14.4 Å². The number of aliphatic hydroxyl groups is 1. The number of benzene rings is 2. The molecule has 1 aliphatic rings. The molecule has 1 atom stereocenters. The van der Waals surface area contributed by atoms with E-state index in [4.69, 9.17) is 14.9 Å². The number of imidazole rings is 2. The number of aromatic amines is 1. The Balaban J connectivity index is 1.59. The average Bonchev–Trinajstić information content (AvgIpc) is 3.55. The largest absolute Gasteiger partial charge is 0.509 e. The summed E-state index contributed by atoms with van der Waals surface area (Å²) in [5, 5.41) is 20.4. The molecule has 0 radical (unpaired) electrons. The summed E-state index contributed by atoms with van der Waals surface area (Å²) in [6, 6.07) is 12.6. The smallest absolute Gasteiger partial charge is 0.145 e. The maximum atomic E-state index is 11.4. The normalized spacial score (nSPS) is 16.1. The Morgan fingerprint density at radius 3 is 2.55 bits per heavy atom. The van der Waals surface area contributed by atoms with Crippen LogP contribution in [0.4, 0.5) is 5.69 Å². The van der Waals surface area contributed by atoms with Gasteiger partial charge in [0.15, 0.2) is 0 Å². The van der Waals surface area contributed by atoms with Crippen LogP contribution in [0, 0.1) is 5.41 Å². The van der Waals surface area contributed by atoms with Gasteiger partial charge in [0.1, 0.15) is 28.9 Å². The van der Waals surface area contributed by atoms with Crippen molar-refractivity contribution in [2.24, 2.45) is 0 Å². The van der Waals surface area contributed by atoms with Gasteiger partial charge in [0.25, 0.3) is 0 Å². The lowest BCUT2D eigenvalue weighted by atomic mass is 10.1. The lowest BCUT2D eigenvalue weighted by Gasteiger charge is -2.28. The average molecular weight is 444 g/mol. The van der Waals surface area contributed by atoms with Crippen molar-refractivity contribution in [3.05, 3.63) is 72.8 Å². The molecule has 3 heterocycles. The predicted molar refractivity (Wildman–Crippen MR) is 126 cm³/mol. The van der Waals surface area contributed by atoms with Gasteiger partial charge in [-0.3, -0.25) is 5.41 Å². The molecule has 0 fully saturated rings. The summed E-state index contributed by atoms with van der Waals surface area (Å²) in [5.41, 5.74) is 2.68. The first-order chi connectivity index (χ1) is 16.1. The fourth-order valence-electron chi connectivity index (χ4n) is 4.19. The molecule has 2 aromatic heterocycles. The maximum Gasteiger partial charge on any atom is 0.145 e. The molecule has 168 valence electrons. The summed E-state index contributed by atoms with van der Waals surface area (Å²) >= 11 is 0. The number of ether oxygens (including phenoxy) is 2. The fourth-order valence-corrected chi connectivity index (χ4v) is 4.19. The molecule has 2 aromatic carbocycles. The molecule has 1 unspecified atom stereocenters.